The smallest absolute Gasteiger partial charge is 0.333 e. The highest BCUT2D eigenvalue weighted by atomic mass is 32.2. The molecule has 2 aromatic carbocycles. The Labute approximate surface area is 194 Å². The van der Waals surface area contributed by atoms with Crippen molar-refractivity contribution in [2.24, 2.45) is 12.2 Å². The van der Waals surface area contributed by atoms with E-state index in [1.54, 1.807) is 43.4 Å². The van der Waals surface area contributed by atoms with Gasteiger partial charge in [-0.1, -0.05) is 29.8 Å². The van der Waals surface area contributed by atoms with E-state index in [2.05, 4.69) is 10.3 Å². The predicted octanol–water partition coefficient (Wildman–Crippen LogP) is 0.946. The Morgan fingerprint density at radius 2 is 1.71 bits per heavy atom. The van der Waals surface area contributed by atoms with E-state index in [1.165, 1.54) is 22.9 Å². The molecule has 0 aliphatic rings. The number of nitrogens with zero attached hydrogens (tertiary/aromatic N) is 2. The van der Waals surface area contributed by atoms with Gasteiger partial charge in [-0.15, -0.1) is 0 Å². The van der Waals surface area contributed by atoms with Crippen LogP contribution in [-0.2, 0) is 23.5 Å². The van der Waals surface area contributed by atoms with Crippen LogP contribution < -0.4 is 21.7 Å². The van der Waals surface area contributed by atoms with Crippen molar-refractivity contribution >= 4 is 27.0 Å². The summed E-state index contributed by atoms with van der Waals surface area (Å²) in [5.41, 5.74) is 1.59. The number of aromatic amines is 1. The molecule has 0 saturated heterocycles. The highest BCUT2D eigenvalue weighted by Crippen LogP contribution is 2.15. The van der Waals surface area contributed by atoms with E-state index in [9.17, 15) is 22.8 Å². The first-order chi connectivity index (χ1) is 16.1. The molecule has 4 aromatic rings. The molecule has 0 aliphatic carbocycles. The molecule has 0 spiro atoms. The molecule has 0 unspecified atom stereocenters. The lowest BCUT2D eigenvalue weighted by Gasteiger charge is -2.07. The third-order valence-corrected chi connectivity index (χ3v) is 6.44. The van der Waals surface area contributed by atoms with Crippen LogP contribution in [0.25, 0.3) is 16.7 Å². The Morgan fingerprint density at radius 1 is 1.06 bits per heavy atom. The number of nitrogens with one attached hydrogen (secondary N) is 2. The summed E-state index contributed by atoms with van der Waals surface area (Å²) in [6, 6.07) is 13.0. The first-order valence-electron chi connectivity index (χ1n) is 10.4. The van der Waals surface area contributed by atoms with E-state index in [1.807, 2.05) is 6.92 Å². The van der Waals surface area contributed by atoms with Crippen LogP contribution in [0.15, 0.2) is 69.2 Å². The number of H-pyrrole nitrogens is 1. The fourth-order valence-corrected chi connectivity index (χ4v) is 4.25. The summed E-state index contributed by atoms with van der Waals surface area (Å²) in [6.45, 7) is 2.16. The minimum Gasteiger partial charge on any atom is -0.352 e. The van der Waals surface area contributed by atoms with E-state index in [0.717, 1.165) is 15.7 Å². The van der Waals surface area contributed by atoms with Gasteiger partial charge in [0.25, 0.3) is 11.5 Å². The van der Waals surface area contributed by atoms with E-state index < -0.39 is 27.2 Å². The highest BCUT2D eigenvalue weighted by molar-refractivity contribution is 7.89. The fraction of sp³-hybridized carbons (Fsp3) is 0.174. The molecule has 2 aromatic heterocycles. The van der Waals surface area contributed by atoms with Gasteiger partial charge in [0, 0.05) is 19.8 Å². The lowest BCUT2D eigenvalue weighted by atomic mass is 10.1. The first kappa shape index (κ1) is 23.2. The largest absolute Gasteiger partial charge is 0.352 e. The number of amides is 1. The highest BCUT2D eigenvalue weighted by Gasteiger charge is 2.20. The number of benzene rings is 2. The second-order valence-electron chi connectivity index (χ2n) is 7.98. The van der Waals surface area contributed by atoms with Crippen LogP contribution in [-0.4, -0.2) is 35.0 Å². The van der Waals surface area contributed by atoms with Gasteiger partial charge in [-0.2, -0.15) is 0 Å². The monoisotopic (exact) mass is 481 g/mol. The van der Waals surface area contributed by atoms with Crippen LogP contribution in [0.2, 0.25) is 0 Å². The van der Waals surface area contributed by atoms with Gasteiger partial charge in [0.1, 0.15) is 5.52 Å². The Balaban J connectivity index is 1.57. The summed E-state index contributed by atoms with van der Waals surface area (Å²) in [5, 5.41) is 7.86. The molecule has 4 rings (SSSR count). The number of carbonyl (C=O) groups excluding carboxylic acids is 1. The van der Waals surface area contributed by atoms with Crippen molar-refractivity contribution in [2.75, 3.05) is 6.54 Å². The fourth-order valence-electron chi connectivity index (χ4n) is 3.73. The van der Waals surface area contributed by atoms with Crippen molar-refractivity contribution in [3.63, 3.8) is 0 Å². The maximum absolute atomic E-state index is 13.1. The van der Waals surface area contributed by atoms with Crippen molar-refractivity contribution in [2.45, 2.75) is 18.2 Å². The van der Waals surface area contributed by atoms with Gasteiger partial charge in [0.15, 0.2) is 0 Å². The molecule has 0 fully saturated rings. The van der Waals surface area contributed by atoms with Gasteiger partial charge in [-0.3, -0.25) is 9.59 Å². The standard InChI is InChI=1S/C23H23N5O5S/c1-14-3-7-16(8-4-14)28-22(30)20-19(26-23(28)31)18(13-27(20)2)21(29)25-12-11-15-5-9-17(10-6-15)34(24,32)33/h3-10,13H,11-12H2,1-2H3,(H,25,29)(H,26,31)(H2,24,32,33). The molecule has 0 aliphatic heterocycles. The SMILES string of the molecule is Cc1ccc(-n2c(=O)[nH]c3c(C(=O)NCCc4ccc(S(N)(=O)=O)cc4)cn(C)c3c2=O)cc1. The zero-order valence-corrected chi connectivity index (χ0v) is 19.3. The van der Waals surface area contributed by atoms with E-state index >= 15 is 0 Å². The van der Waals surface area contributed by atoms with Gasteiger partial charge in [-0.05, 0) is 43.2 Å². The number of fused-ring (bicyclic) bond motifs is 1. The average Bonchev–Trinajstić information content (AvgIpc) is 3.11. The number of aromatic nitrogens is 3. The molecule has 11 heteroatoms. The zero-order valence-electron chi connectivity index (χ0n) is 18.5. The lowest BCUT2D eigenvalue weighted by molar-refractivity contribution is 0.0955. The minimum absolute atomic E-state index is 0.0105. The molecule has 10 nitrogen and oxygen atoms in total. The van der Waals surface area contributed by atoms with Crippen LogP contribution in [0.1, 0.15) is 21.5 Å². The number of hydrogen-bond acceptors (Lipinski definition) is 5. The number of sulfonamides is 1. The summed E-state index contributed by atoms with van der Waals surface area (Å²) in [7, 11) is -2.14. The average molecular weight is 482 g/mol. The predicted molar refractivity (Wildman–Crippen MR) is 128 cm³/mol. The molecule has 176 valence electrons. The van der Waals surface area contributed by atoms with Crippen molar-refractivity contribution < 1.29 is 13.2 Å². The lowest BCUT2D eigenvalue weighted by Crippen LogP contribution is -2.34. The molecule has 1 amide bonds. The third-order valence-electron chi connectivity index (χ3n) is 5.51. The van der Waals surface area contributed by atoms with Gasteiger partial charge in [0.05, 0.1) is 21.7 Å². The first-order valence-corrected chi connectivity index (χ1v) is 11.9. The number of nitrogens with two attached hydrogens (primary N) is 1. The third kappa shape index (κ3) is 4.43. The van der Waals surface area contributed by atoms with Gasteiger partial charge in [-0.25, -0.2) is 22.9 Å². The van der Waals surface area contributed by atoms with E-state index in [4.69, 9.17) is 5.14 Å². The molecular formula is C23H23N5O5S. The summed E-state index contributed by atoms with van der Waals surface area (Å²) in [6.07, 6.45) is 1.94. The van der Waals surface area contributed by atoms with Crippen LogP contribution in [0.5, 0.6) is 0 Å². The molecule has 4 N–H and O–H groups in total. The maximum Gasteiger partial charge on any atom is 0.333 e. The number of carbonyl (C=O) groups is 1. The number of primary sulfonamides is 1. The molecule has 34 heavy (non-hydrogen) atoms. The second-order valence-corrected chi connectivity index (χ2v) is 9.54. The summed E-state index contributed by atoms with van der Waals surface area (Å²) >= 11 is 0. The van der Waals surface area contributed by atoms with E-state index in [-0.39, 0.29) is 28.0 Å². The van der Waals surface area contributed by atoms with Crippen molar-refractivity contribution in [1.29, 1.82) is 0 Å². The second kappa shape index (κ2) is 8.76. The summed E-state index contributed by atoms with van der Waals surface area (Å²) < 4.78 is 25.2. The van der Waals surface area contributed by atoms with Crippen LogP contribution >= 0.6 is 0 Å². The molecule has 0 saturated carbocycles. The van der Waals surface area contributed by atoms with Crippen molar-refractivity contribution in [3.8, 4) is 5.69 Å². The topological polar surface area (TPSA) is 149 Å². The van der Waals surface area contributed by atoms with Gasteiger partial charge >= 0.3 is 5.69 Å². The molecular weight excluding hydrogens is 458 g/mol. The van der Waals surface area contributed by atoms with Gasteiger partial charge < -0.3 is 14.9 Å². The van der Waals surface area contributed by atoms with Crippen LogP contribution in [0.4, 0.5) is 0 Å². The number of hydrogen-bond donors (Lipinski definition) is 3. The molecule has 0 atom stereocenters. The Hall–Kier alpha value is -3.96. The maximum atomic E-state index is 13.1. The Bertz CT molecular complexity index is 1610. The normalized spacial score (nSPS) is 11.6. The Kier molecular flexibility index (Phi) is 5.98. The Morgan fingerprint density at radius 3 is 2.32 bits per heavy atom. The van der Waals surface area contributed by atoms with Crippen LogP contribution in [0, 0.1) is 6.92 Å². The molecule has 0 bridgehead atoms. The number of aryl methyl sites for hydroxylation is 2. The van der Waals surface area contributed by atoms with E-state index in [0.29, 0.717) is 12.1 Å². The summed E-state index contributed by atoms with van der Waals surface area (Å²) in [5.74, 6) is -0.449. The quantitative estimate of drug-likeness (QED) is 0.375. The molecule has 2 heterocycles. The van der Waals surface area contributed by atoms with Crippen molar-refractivity contribution in [1.82, 2.24) is 19.4 Å². The minimum atomic E-state index is -3.77. The summed E-state index contributed by atoms with van der Waals surface area (Å²) in [4.78, 5) is 41.4. The molecule has 0 radical (unpaired) electrons. The number of rotatable bonds is 6. The zero-order chi connectivity index (χ0) is 24.6. The van der Waals surface area contributed by atoms with Crippen LogP contribution in [0.3, 0.4) is 0 Å². The van der Waals surface area contributed by atoms with Crippen molar-refractivity contribution in [3.05, 3.63) is 92.3 Å². The van der Waals surface area contributed by atoms with Gasteiger partial charge in [0.2, 0.25) is 10.0 Å².